The van der Waals surface area contributed by atoms with Crippen LogP contribution in [0, 0.1) is 86.3 Å². The molecule has 0 bridgehead atoms. The molecule has 0 spiro atoms. The van der Waals surface area contributed by atoms with Crippen molar-refractivity contribution in [2.75, 3.05) is 36.0 Å². The van der Waals surface area contributed by atoms with Crippen LogP contribution in [0.2, 0.25) is 0 Å². The van der Waals surface area contributed by atoms with Crippen molar-refractivity contribution in [3.05, 3.63) is 184 Å². The SMILES string of the molecule is Cc1nc(C#Cc2cnc(-c3ccccc3F)nc2)cs1.Cc1nc(C#Cc2cnc(CC(C)(C)C)nc2)cs1.Cc1nc(C#Cc2cnc(N3CC=CC3)nc2)cs1.Cc1nc(C#Cc2cnc(N3CCCCC3CO)nc2)cs1. The fourth-order valence-electron chi connectivity index (χ4n) is 7.57. The zero-order chi connectivity index (χ0) is 57.0. The number of nitrogens with zero attached hydrogens (tertiary/aromatic N) is 14. The van der Waals surface area contributed by atoms with E-state index in [-0.39, 0.29) is 23.9 Å². The lowest BCUT2D eigenvalue weighted by Crippen LogP contribution is -2.42. The molecule has 1 saturated heterocycles. The number of piperidine rings is 1. The van der Waals surface area contributed by atoms with E-state index in [1.54, 1.807) is 113 Å². The third-order valence-corrected chi connectivity index (χ3v) is 14.5. The fourth-order valence-corrected chi connectivity index (χ4v) is 9.75. The topological polar surface area (TPSA) is 181 Å². The summed E-state index contributed by atoms with van der Waals surface area (Å²) < 4.78 is 13.6. The lowest BCUT2D eigenvalue weighted by molar-refractivity contribution is 0.239. The number of aromatic nitrogens is 12. The van der Waals surface area contributed by atoms with E-state index < -0.39 is 0 Å². The quantitative estimate of drug-likeness (QED) is 0.127. The Morgan fingerprint density at radius 1 is 0.543 bits per heavy atom. The summed E-state index contributed by atoms with van der Waals surface area (Å²) in [5, 5.41) is 21.3. The molecule has 2 aliphatic rings. The molecule has 1 N–H and O–H groups in total. The monoisotopic (exact) mass is 1150 g/mol. The van der Waals surface area contributed by atoms with E-state index in [4.69, 9.17) is 0 Å². The van der Waals surface area contributed by atoms with E-state index in [9.17, 15) is 9.50 Å². The summed E-state index contributed by atoms with van der Waals surface area (Å²) in [6, 6.07) is 6.54. The van der Waals surface area contributed by atoms with Gasteiger partial charge in [0.15, 0.2) is 5.82 Å². The zero-order valence-corrected chi connectivity index (χ0v) is 49.1. The van der Waals surface area contributed by atoms with Gasteiger partial charge in [0.05, 0.1) is 60.5 Å². The standard InChI is InChI=1S/C16H10FN3S.C16H18N4OS.C15H17N3S.C14H12N4S/c1-11-20-13(10-21-11)7-6-12-8-18-16(19-9-12)14-4-2-3-5-15(14)17;1-12-19-14(11-22-12)6-5-13-8-17-16(18-9-13)20-7-3-2-4-15(20)10-21;1-11-18-13(10-19-11)6-5-12-8-16-14(17-9-12)7-15(2,3)4;1-11-17-13(10-19-11)5-4-12-8-15-14(16-9-12)18-6-2-3-7-18/h2-5,8-10H,1H3;8-9,11,15,21H,2-4,7,10H2,1H3;8-10H,7H2,1-4H3;2-3,8-10H,6-7H2,1H3. The summed E-state index contributed by atoms with van der Waals surface area (Å²) >= 11 is 6.35. The number of anilines is 2. The first kappa shape index (κ1) is 58.7. The normalized spacial score (nSPS) is 13.2. The van der Waals surface area contributed by atoms with Crippen LogP contribution in [0.25, 0.3) is 11.4 Å². The number of aryl methyl sites for hydroxylation is 4. The Hall–Kier alpha value is -8.47. The molecule has 1 aromatic carbocycles. The van der Waals surface area contributed by atoms with Crippen LogP contribution in [0.15, 0.2) is 108 Å². The minimum Gasteiger partial charge on any atom is -0.394 e. The van der Waals surface area contributed by atoms with E-state index in [0.717, 1.165) is 117 Å². The van der Waals surface area contributed by atoms with Gasteiger partial charge >= 0.3 is 0 Å². The maximum absolute atomic E-state index is 13.6. The Kier molecular flexibility index (Phi) is 21.1. The van der Waals surface area contributed by atoms with Crippen molar-refractivity contribution in [3.63, 3.8) is 0 Å². The van der Waals surface area contributed by atoms with Gasteiger partial charge in [-0.05, 0) is 88.2 Å². The Labute approximate surface area is 488 Å². The van der Waals surface area contributed by atoms with Crippen LogP contribution in [0.4, 0.5) is 16.3 Å². The Morgan fingerprint density at radius 3 is 1.35 bits per heavy atom. The molecule has 0 saturated carbocycles. The van der Waals surface area contributed by atoms with Crippen LogP contribution in [-0.2, 0) is 6.42 Å². The van der Waals surface area contributed by atoms with Gasteiger partial charge in [-0.25, -0.2) is 64.2 Å². The summed E-state index contributed by atoms with van der Waals surface area (Å²) in [5.74, 6) is 26.3. The van der Waals surface area contributed by atoms with Gasteiger partial charge in [0, 0.05) is 97.2 Å². The highest BCUT2D eigenvalue weighted by Gasteiger charge is 2.23. The molecule has 20 heteroatoms. The highest BCUT2D eigenvalue weighted by molar-refractivity contribution is 7.10. The molecular formula is C61H57FN14OS4. The summed E-state index contributed by atoms with van der Waals surface area (Å²) in [6.07, 6.45) is 22.1. The van der Waals surface area contributed by atoms with Crippen molar-refractivity contribution in [1.29, 1.82) is 0 Å². The molecule has 11 rings (SSSR count). The molecule has 1 fully saturated rings. The summed E-state index contributed by atoms with van der Waals surface area (Å²) in [5.41, 5.74) is 6.77. The highest BCUT2D eigenvalue weighted by atomic mass is 32.1. The van der Waals surface area contributed by atoms with E-state index in [1.165, 1.54) is 6.07 Å². The number of benzene rings is 1. The molecule has 10 heterocycles. The molecule has 0 amide bonds. The molecule has 15 nitrogen and oxygen atoms in total. The average molecular weight is 1150 g/mol. The van der Waals surface area contributed by atoms with Gasteiger partial charge in [-0.3, -0.25) is 0 Å². The predicted octanol–water partition coefficient (Wildman–Crippen LogP) is 10.7. The molecule has 1 unspecified atom stereocenters. The maximum atomic E-state index is 13.6. The lowest BCUT2D eigenvalue weighted by Gasteiger charge is -2.34. The van der Waals surface area contributed by atoms with E-state index in [2.05, 4.69) is 150 Å². The maximum Gasteiger partial charge on any atom is 0.225 e. The Bertz CT molecular complexity index is 3770. The van der Waals surface area contributed by atoms with E-state index in [1.807, 2.05) is 49.2 Å². The highest BCUT2D eigenvalue weighted by Crippen LogP contribution is 2.22. The molecule has 2 aliphatic heterocycles. The lowest BCUT2D eigenvalue weighted by atomic mass is 9.92. The molecule has 1 atom stereocenters. The van der Waals surface area contributed by atoms with Crippen molar-refractivity contribution in [2.24, 2.45) is 5.41 Å². The van der Waals surface area contributed by atoms with Crippen LogP contribution in [-0.4, -0.2) is 97.2 Å². The van der Waals surface area contributed by atoms with Crippen LogP contribution >= 0.6 is 45.3 Å². The summed E-state index contributed by atoms with van der Waals surface area (Å²) in [4.78, 5) is 55.8. The van der Waals surface area contributed by atoms with Gasteiger partial charge in [-0.15, -0.1) is 45.3 Å². The van der Waals surface area contributed by atoms with Gasteiger partial charge in [0.1, 0.15) is 34.4 Å². The molecule has 8 aromatic heterocycles. The predicted molar refractivity (Wildman–Crippen MR) is 321 cm³/mol. The van der Waals surface area contributed by atoms with Crippen LogP contribution < -0.4 is 9.80 Å². The van der Waals surface area contributed by atoms with Crippen LogP contribution in [0.5, 0.6) is 0 Å². The number of rotatable bonds is 5. The number of aliphatic hydroxyl groups is 1. The third kappa shape index (κ3) is 18.8. The van der Waals surface area contributed by atoms with Gasteiger partial charge < -0.3 is 14.9 Å². The molecule has 0 radical (unpaired) electrons. The number of aliphatic hydroxyl groups excluding tert-OH is 1. The number of thiazole rings is 4. The minimum absolute atomic E-state index is 0.128. The summed E-state index contributed by atoms with van der Waals surface area (Å²) in [7, 11) is 0. The molecule has 408 valence electrons. The van der Waals surface area contributed by atoms with Crippen LogP contribution in [0.3, 0.4) is 0 Å². The first-order valence-electron chi connectivity index (χ1n) is 25.8. The smallest absolute Gasteiger partial charge is 0.225 e. The van der Waals surface area contributed by atoms with Gasteiger partial charge in [-0.1, -0.05) is 68.7 Å². The number of hydrogen-bond acceptors (Lipinski definition) is 19. The van der Waals surface area contributed by atoms with Crippen molar-refractivity contribution >= 4 is 57.2 Å². The third-order valence-electron chi connectivity index (χ3n) is 11.4. The second-order valence-electron chi connectivity index (χ2n) is 19.4. The first-order valence-corrected chi connectivity index (χ1v) is 29.3. The van der Waals surface area contributed by atoms with Crippen molar-refractivity contribution in [3.8, 4) is 58.8 Å². The molecular weight excluding hydrogens is 1090 g/mol. The van der Waals surface area contributed by atoms with E-state index in [0.29, 0.717) is 22.9 Å². The number of halogens is 1. The summed E-state index contributed by atoms with van der Waals surface area (Å²) in [6.45, 7) is 17.2. The second kappa shape index (κ2) is 29.1. The average Bonchev–Trinajstić information content (AvgIpc) is 4.42. The van der Waals surface area contributed by atoms with Crippen molar-refractivity contribution < 1.29 is 9.50 Å². The largest absolute Gasteiger partial charge is 0.394 e. The molecule has 0 aliphatic carbocycles. The van der Waals surface area contributed by atoms with Crippen molar-refractivity contribution in [2.45, 2.75) is 80.2 Å². The molecule has 9 aromatic rings. The van der Waals surface area contributed by atoms with E-state index >= 15 is 0 Å². The van der Waals surface area contributed by atoms with Crippen LogP contribution in [0.1, 0.15) is 111 Å². The fraction of sp³-hybridized carbons (Fsp3) is 0.279. The minimum atomic E-state index is -0.339. The van der Waals surface area contributed by atoms with Gasteiger partial charge in [0.2, 0.25) is 11.9 Å². The first-order chi connectivity index (χ1) is 39.2. The number of hydrogen-bond donors (Lipinski definition) is 1. The van der Waals surface area contributed by atoms with Crippen molar-refractivity contribution in [1.82, 2.24) is 59.8 Å². The zero-order valence-electron chi connectivity index (χ0n) is 45.8. The Morgan fingerprint density at radius 2 is 0.951 bits per heavy atom. The second-order valence-corrected chi connectivity index (χ2v) is 23.6. The Balaban J connectivity index is 0.000000142. The van der Waals surface area contributed by atoms with Gasteiger partial charge in [-0.2, -0.15) is 0 Å². The molecule has 81 heavy (non-hydrogen) atoms. The van der Waals surface area contributed by atoms with Gasteiger partial charge in [0.25, 0.3) is 0 Å².